The Kier molecular flexibility index (Phi) is 122. The van der Waals surface area contributed by atoms with Gasteiger partial charge in [0.15, 0.2) is 0 Å². The molecule has 716 valence electrons. The van der Waals surface area contributed by atoms with Crippen molar-refractivity contribution in [1.82, 2.24) is 0 Å². The second-order valence-electron chi connectivity index (χ2n) is 26.1. The first-order chi connectivity index (χ1) is 59.5. The van der Waals surface area contributed by atoms with E-state index in [1.807, 2.05) is 295 Å². The van der Waals surface area contributed by atoms with Crippen molar-refractivity contribution in [2.75, 3.05) is 26.4 Å². The molecule has 11 atom stereocenters. The summed E-state index contributed by atoms with van der Waals surface area (Å²) in [5, 5.41) is 1.24. The summed E-state index contributed by atoms with van der Waals surface area (Å²) < 4.78 is 20.8. The number of benzene rings is 15. The largest absolute Gasteiger partial charge is 0.494 e. The van der Waals surface area contributed by atoms with E-state index in [2.05, 4.69) is 266 Å². The van der Waals surface area contributed by atoms with Gasteiger partial charge in [-0.15, -0.1) is 9.24 Å². The highest BCUT2D eigenvalue weighted by Crippen LogP contribution is 2.12. The number of hydrogen-bond acceptors (Lipinski definition) is 4. The average molecular weight is 1970 g/mol. The molecule has 0 aromatic heterocycles. The fourth-order valence-corrected chi connectivity index (χ4v) is 10.2. The number of para-hydroxylation sites is 4. The minimum atomic E-state index is 0. The van der Waals surface area contributed by atoms with Gasteiger partial charge in [-0.3, -0.25) is 0 Å². The maximum Gasteiger partial charge on any atom is 0.119 e. The van der Waals surface area contributed by atoms with Crippen LogP contribution in [-0.2, 0) is 57.8 Å². The molecule has 0 saturated carbocycles. The van der Waals surface area contributed by atoms with Gasteiger partial charge >= 0.3 is 0 Å². The van der Waals surface area contributed by atoms with E-state index in [1.54, 1.807) is 0 Å². The molecular weight excluding hydrogens is 1800 g/mol. The first-order valence-electron chi connectivity index (χ1n) is 43.4. The van der Waals surface area contributed by atoms with Gasteiger partial charge in [-0.2, -0.15) is 99.0 Å². The van der Waals surface area contributed by atoms with Gasteiger partial charge in [-0.05, 0) is 189 Å². The standard InChI is InChI=1S/C10H14.4C8H10O.7C8H10.C6H7P.2C6H6.10H3P/c1-3-9-6-5-7-10(4-2)8-9;4*1-2-9-8-6-4-3-5-7-8;7*1-2-8-6-4-3-5-7-8;7-6-4-2-1-3-5-6;2*1-2-4-6-5-3-1;;;;;;;;;;/h5-8H,3-4H2,1-2H3;4*3-7H,2H2,1H3;7*3-7H,2H2,1H3;1-5H,7H2;2*1-6H;10*1H3. The van der Waals surface area contributed by atoms with Crippen LogP contribution in [0.4, 0.5) is 0 Å². The summed E-state index contributed by atoms with van der Waals surface area (Å²) in [5.74, 6) is 3.78. The molecule has 15 rings (SSSR count). The summed E-state index contributed by atoms with van der Waals surface area (Å²) in [7, 11) is 2.63. The molecule has 0 saturated heterocycles. The summed E-state index contributed by atoms with van der Waals surface area (Å²) in [6.07, 6.45) is 10.3. The molecule has 0 amide bonds. The molecule has 15 aromatic carbocycles. The summed E-state index contributed by atoms with van der Waals surface area (Å²) >= 11 is 0. The molecule has 0 aliphatic heterocycles. The Morgan fingerprint density at radius 3 is 0.344 bits per heavy atom. The van der Waals surface area contributed by atoms with E-state index in [0.717, 1.165) is 107 Å². The lowest BCUT2D eigenvalue weighted by Gasteiger charge is -1.99. The van der Waals surface area contributed by atoms with Crippen LogP contribution in [0, 0.1) is 0 Å². The Balaban J connectivity index is -0.000000149. The van der Waals surface area contributed by atoms with Gasteiger partial charge in [0, 0.05) is 0 Å². The van der Waals surface area contributed by atoms with Gasteiger partial charge in [0.2, 0.25) is 0 Å². The van der Waals surface area contributed by atoms with Gasteiger partial charge in [0.1, 0.15) is 23.0 Å². The lowest BCUT2D eigenvalue weighted by Crippen LogP contribution is -1.89. The Morgan fingerprint density at radius 1 is 0.137 bits per heavy atom. The van der Waals surface area contributed by atoms with Crippen LogP contribution in [0.15, 0.2) is 461 Å². The van der Waals surface area contributed by atoms with Crippen molar-refractivity contribution in [3.63, 3.8) is 0 Å². The molecule has 0 spiro atoms. The third-order valence-corrected chi connectivity index (χ3v) is 17.3. The Bertz CT molecular complexity index is 3850. The summed E-state index contributed by atoms with van der Waals surface area (Å²) in [5.41, 5.74) is 12.8. The zero-order valence-corrected chi connectivity index (χ0v) is 97.6. The molecule has 0 N–H and O–H groups in total. The maximum absolute atomic E-state index is 5.21. The van der Waals surface area contributed by atoms with Crippen molar-refractivity contribution in [3.8, 4) is 23.0 Å². The minimum Gasteiger partial charge on any atom is -0.494 e. The van der Waals surface area contributed by atoms with E-state index in [0.29, 0.717) is 0 Å². The van der Waals surface area contributed by atoms with Crippen molar-refractivity contribution in [2.24, 2.45) is 0 Å². The van der Waals surface area contributed by atoms with Crippen LogP contribution < -0.4 is 24.3 Å². The number of aryl methyl sites for hydroxylation is 9. The SMILES string of the molecule is CCOc1ccccc1.CCOc1ccccc1.CCOc1ccccc1.CCOc1ccccc1.CCc1cccc(CC)c1.CCc1ccccc1.CCc1ccccc1.CCc1ccccc1.CCc1ccccc1.CCc1ccccc1.CCc1ccccc1.CCc1ccccc1.P.P.P.P.P.P.P.P.P.P.Pc1ccccc1.c1ccccc1.c1ccccc1. The van der Waals surface area contributed by atoms with Crippen molar-refractivity contribution >= 4 is 114 Å². The molecule has 0 fully saturated rings. The fourth-order valence-electron chi connectivity index (χ4n) is 10.0. The average Bonchev–Trinajstić information content (AvgIpc) is 0.918. The molecule has 15 aromatic rings. The molecule has 4 nitrogen and oxygen atoms in total. The van der Waals surface area contributed by atoms with Crippen LogP contribution in [-0.4, -0.2) is 26.4 Å². The van der Waals surface area contributed by atoms with E-state index in [1.165, 1.54) is 55.4 Å². The second-order valence-corrected chi connectivity index (χ2v) is 26.8. The predicted octanol–water partition coefficient (Wildman–Crippen LogP) is 32.0. The van der Waals surface area contributed by atoms with Gasteiger partial charge in [0.05, 0.1) is 26.4 Å². The van der Waals surface area contributed by atoms with Crippen LogP contribution in [0.2, 0.25) is 0 Å². The molecule has 0 heterocycles. The number of rotatable bonds is 17. The minimum absolute atomic E-state index is 0. The zero-order chi connectivity index (χ0) is 87.8. The van der Waals surface area contributed by atoms with E-state index in [9.17, 15) is 0 Å². The van der Waals surface area contributed by atoms with Crippen LogP contribution in [0.25, 0.3) is 0 Å². The molecular formula is C116H173O4P11. The molecule has 0 radical (unpaired) electrons. The van der Waals surface area contributed by atoms with Crippen LogP contribution in [0.3, 0.4) is 0 Å². The lowest BCUT2D eigenvalue weighted by molar-refractivity contribution is 0.340. The van der Waals surface area contributed by atoms with E-state index in [4.69, 9.17) is 18.9 Å². The lowest BCUT2D eigenvalue weighted by atomic mass is 10.1. The third kappa shape index (κ3) is 89.9. The van der Waals surface area contributed by atoms with Crippen molar-refractivity contribution in [2.45, 2.75) is 148 Å². The second kappa shape index (κ2) is 111. The highest BCUT2D eigenvalue weighted by molar-refractivity contribution is 7.27. The summed E-state index contributed by atoms with van der Waals surface area (Å²) in [6.45, 7) is 30.4. The first-order valence-corrected chi connectivity index (χ1v) is 44.0. The monoisotopic (exact) mass is 1970 g/mol. The molecule has 15 heteroatoms. The number of hydrogen-bond donors (Lipinski definition) is 0. The first kappa shape index (κ1) is 144. The molecule has 131 heavy (non-hydrogen) atoms. The highest BCUT2D eigenvalue weighted by Gasteiger charge is 1.92. The smallest absolute Gasteiger partial charge is 0.119 e. The van der Waals surface area contributed by atoms with Gasteiger partial charge in [0.25, 0.3) is 0 Å². The van der Waals surface area contributed by atoms with Crippen molar-refractivity contribution in [3.05, 3.63) is 511 Å². The molecule has 0 bridgehead atoms. The predicted molar refractivity (Wildman–Crippen MR) is 646 cm³/mol. The zero-order valence-electron chi connectivity index (χ0n) is 82.4. The van der Waals surface area contributed by atoms with Crippen LogP contribution in [0.1, 0.15) is 140 Å². The quantitative estimate of drug-likeness (QED) is 0.0852. The van der Waals surface area contributed by atoms with Crippen molar-refractivity contribution in [1.29, 1.82) is 0 Å². The fraction of sp³-hybridized carbons (Fsp3) is 0.224. The topological polar surface area (TPSA) is 36.9 Å². The third-order valence-electron chi connectivity index (χ3n) is 16.9. The normalized spacial score (nSPS) is 8.32. The summed E-state index contributed by atoms with van der Waals surface area (Å²) in [4.78, 5) is 0. The number of ether oxygens (including phenoxy) is 4. The van der Waals surface area contributed by atoms with Gasteiger partial charge in [-0.25, -0.2) is 0 Å². The van der Waals surface area contributed by atoms with Crippen LogP contribution in [0.5, 0.6) is 23.0 Å². The maximum atomic E-state index is 5.21. The molecule has 0 aliphatic rings. The van der Waals surface area contributed by atoms with Gasteiger partial charge < -0.3 is 18.9 Å². The van der Waals surface area contributed by atoms with E-state index < -0.39 is 0 Å². The molecule has 0 aliphatic carbocycles. The Labute approximate surface area is 834 Å². The van der Waals surface area contributed by atoms with Crippen molar-refractivity contribution < 1.29 is 18.9 Å². The molecule has 11 unspecified atom stereocenters. The van der Waals surface area contributed by atoms with E-state index in [-0.39, 0.29) is 99.0 Å². The van der Waals surface area contributed by atoms with Gasteiger partial charge in [-0.1, -0.05) is 475 Å². The van der Waals surface area contributed by atoms with Crippen LogP contribution >= 0.6 is 108 Å². The highest BCUT2D eigenvalue weighted by atomic mass is 31.0. The Morgan fingerprint density at radius 2 is 0.244 bits per heavy atom. The van der Waals surface area contributed by atoms with E-state index >= 15 is 0 Å². The summed E-state index contributed by atoms with van der Waals surface area (Å²) in [6, 6.07) is 155. The Hall–Kier alpha value is -7.77.